The molecule has 2 amide bonds. The molecule has 0 spiro atoms. The zero-order chi connectivity index (χ0) is 19.2. The van der Waals surface area contributed by atoms with Crippen LogP contribution in [-0.2, 0) is 9.59 Å². The van der Waals surface area contributed by atoms with E-state index in [4.69, 9.17) is 0 Å². The lowest BCUT2D eigenvalue weighted by Gasteiger charge is -2.35. The highest BCUT2D eigenvalue weighted by Crippen LogP contribution is 2.21. The third-order valence-corrected chi connectivity index (χ3v) is 4.88. The minimum atomic E-state index is -0.402. The normalized spacial score (nSPS) is 18.5. The zero-order valence-electron chi connectivity index (χ0n) is 15.3. The van der Waals surface area contributed by atoms with Gasteiger partial charge in [-0.1, -0.05) is 24.3 Å². The van der Waals surface area contributed by atoms with E-state index in [0.29, 0.717) is 12.2 Å². The third-order valence-electron chi connectivity index (χ3n) is 4.88. The fourth-order valence-electron chi connectivity index (χ4n) is 3.32. The Balaban J connectivity index is 1.57. The van der Waals surface area contributed by atoms with Crippen molar-refractivity contribution in [3.8, 4) is 0 Å². The Morgan fingerprint density at radius 2 is 1.81 bits per heavy atom. The van der Waals surface area contributed by atoms with Gasteiger partial charge in [0.25, 0.3) is 0 Å². The number of nitrogens with zero attached hydrogens (tertiary/aromatic N) is 1. The lowest BCUT2D eigenvalue weighted by molar-refractivity contribution is -0.125. The van der Waals surface area contributed by atoms with Gasteiger partial charge in [0, 0.05) is 17.9 Å². The predicted octanol–water partition coefficient (Wildman–Crippen LogP) is 3.50. The van der Waals surface area contributed by atoms with Crippen LogP contribution in [-0.4, -0.2) is 35.8 Å². The molecule has 0 radical (unpaired) electrons. The zero-order valence-corrected chi connectivity index (χ0v) is 15.3. The summed E-state index contributed by atoms with van der Waals surface area (Å²) >= 11 is 0. The van der Waals surface area contributed by atoms with Crippen LogP contribution in [0.5, 0.6) is 0 Å². The second-order valence-corrected chi connectivity index (χ2v) is 6.86. The van der Waals surface area contributed by atoms with E-state index in [0.717, 1.165) is 25.1 Å². The van der Waals surface area contributed by atoms with Crippen LogP contribution in [0.1, 0.15) is 19.8 Å². The monoisotopic (exact) mass is 369 g/mol. The second-order valence-electron chi connectivity index (χ2n) is 6.86. The molecule has 142 valence electrons. The van der Waals surface area contributed by atoms with Gasteiger partial charge in [0.1, 0.15) is 5.82 Å². The van der Waals surface area contributed by atoms with Crippen molar-refractivity contribution in [1.82, 2.24) is 4.90 Å². The number of hydrogen-bond donors (Lipinski definition) is 2. The Morgan fingerprint density at radius 1 is 1.07 bits per heavy atom. The molecular formula is C21H24FN3O2. The van der Waals surface area contributed by atoms with Gasteiger partial charge < -0.3 is 10.6 Å². The van der Waals surface area contributed by atoms with Crippen molar-refractivity contribution in [2.75, 3.05) is 23.7 Å². The number of carbonyl (C=O) groups excluding carboxylic acids is 2. The Morgan fingerprint density at radius 3 is 2.56 bits per heavy atom. The molecule has 1 heterocycles. The maximum absolute atomic E-state index is 13.3. The van der Waals surface area contributed by atoms with E-state index >= 15 is 0 Å². The van der Waals surface area contributed by atoms with Crippen LogP contribution < -0.4 is 10.6 Å². The van der Waals surface area contributed by atoms with Gasteiger partial charge >= 0.3 is 0 Å². The molecule has 0 bridgehead atoms. The minimum Gasteiger partial charge on any atom is -0.326 e. The maximum atomic E-state index is 13.3. The summed E-state index contributed by atoms with van der Waals surface area (Å²) in [6.07, 6.45) is 1.65. The summed E-state index contributed by atoms with van der Waals surface area (Å²) < 4.78 is 13.3. The number of piperidine rings is 1. The van der Waals surface area contributed by atoms with Crippen molar-refractivity contribution in [2.45, 2.75) is 25.8 Å². The molecule has 1 saturated heterocycles. The van der Waals surface area contributed by atoms with E-state index in [1.807, 2.05) is 42.2 Å². The van der Waals surface area contributed by atoms with Crippen molar-refractivity contribution < 1.29 is 14.0 Å². The van der Waals surface area contributed by atoms with Crippen molar-refractivity contribution in [1.29, 1.82) is 0 Å². The van der Waals surface area contributed by atoms with E-state index in [-0.39, 0.29) is 17.7 Å². The van der Waals surface area contributed by atoms with Crippen LogP contribution in [0.25, 0.3) is 0 Å². The summed E-state index contributed by atoms with van der Waals surface area (Å²) in [5.41, 5.74) is 1.21. The first-order valence-electron chi connectivity index (χ1n) is 9.19. The number of nitrogens with one attached hydrogen (secondary N) is 2. The number of carbonyl (C=O) groups is 2. The van der Waals surface area contributed by atoms with Gasteiger partial charge in [-0.05, 0) is 56.6 Å². The largest absolute Gasteiger partial charge is 0.326 e. The number of halogens is 1. The van der Waals surface area contributed by atoms with Crippen LogP contribution >= 0.6 is 0 Å². The molecule has 27 heavy (non-hydrogen) atoms. The molecule has 0 aliphatic carbocycles. The van der Waals surface area contributed by atoms with Gasteiger partial charge in [0.2, 0.25) is 11.8 Å². The quantitative estimate of drug-likeness (QED) is 0.848. The van der Waals surface area contributed by atoms with Gasteiger partial charge in [-0.15, -0.1) is 0 Å². The molecule has 1 aliphatic heterocycles. The Kier molecular flexibility index (Phi) is 6.19. The molecule has 1 aliphatic rings. The summed E-state index contributed by atoms with van der Waals surface area (Å²) in [4.78, 5) is 27.1. The van der Waals surface area contributed by atoms with E-state index in [2.05, 4.69) is 10.6 Å². The van der Waals surface area contributed by atoms with Crippen LogP contribution in [0, 0.1) is 11.7 Å². The molecule has 2 aromatic rings. The summed E-state index contributed by atoms with van der Waals surface area (Å²) in [5.74, 6) is -0.784. The molecule has 1 fully saturated rings. The summed E-state index contributed by atoms with van der Waals surface area (Å²) in [7, 11) is 0. The summed E-state index contributed by atoms with van der Waals surface area (Å²) in [6.45, 7) is 3.09. The number of amides is 2. The van der Waals surface area contributed by atoms with E-state index in [1.54, 1.807) is 12.1 Å². The van der Waals surface area contributed by atoms with Gasteiger partial charge in [-0.25, -0.2) is 4.39 Å². The number of hydrogen-bond acceptors (Lipinski definition) is 3. The number of anilines is 2. The number of para-hydroxylation sites is 1. The van der Waals surface area contributed by atoms with Gasteiger partial charge in [0.05, 0.1) is 12.0 Å². The highest BCUT2D eigenvalue weighted by atomic mass is 19.1. The lowest BCUT2D eigenvalue weighted by Crippen LogP contribution is -2.49. The average molecular weight is 369 g/mol. The molecular weight excluding hydrogens is 345 g/mol. The fourth-order valence-corrected chi connectivity index (χ4v) is 3.32. The van der Waals surface area contributed by atoms with Crippen LogP contribution in [0.3, 0.4) is 0 Å². The van der Waals surface area contributed by atoms with Gasteiger partial charge in [-0.3, -0.25) is 14.5 Å². The maximum Gasteiger partial charge on any atom is 0.241 e. The molecule has 5 nitrogen and oxygen atoms in total. The molecule has 0 saturated carbocycles. The topological polar surface area (TPSA) is 61.4 Å². The van der Waals surface area contributed by atoms with Crippen LogP contribution in [0.4, 0.5) is 15.8 Å². The second kappa shape index (κ2) is 8.77. The van der Waals surface area contributed by atoms with E-state index in [1.165, 1.54) is 12.1 Å². The third kappa shape index (κ3) is 5.14. The first-order chi connectivity index (χ1) is 13.0. The Bertz CT molecular complexity index is 797. The predicted molar refractivity (Wildman–Crippen MR) is 104 cm³/mol. The highest BCUT2D eigenvalue weighted by molar-refractivity contribution is 5.95. The van der Waals surface area contributed by atoms with Gasteiger partial charge in [0.15, 0.2) is 0 Å². The molecule has 2 N–H and O–H groups in total. The number of likely N-dealkylation sites (tertiary alicyclic amines) is 1. The summed E-state index contributed by atoms with van der Waals surface area (Å²) in [6, 6.07) is 14.8. The smallest absolute Gasteiger partial charge is 0.241 e. The molecule has 3 rings (SSSR count). The van der Waals surface area contributed by atoms with Crippen molar-refractivity contribution in [2.24, 2.45) is 5.92 Å². The Labute approximate surface area is 158 Å². The van der Waals surface area contributed by atoms with Crippen LogP contribution in [0.15, 0.2) is 54.6 Å². The number of rotatable bonds is 5. The number of benzene rings is 2. The molecule has 2 atom stereocenters. The Hall–Kier alpha value is -2.73. The fraction of sp³-hybridized carbons (Fsp3) is 0.333. The molecule has 2 aromatic carbocycles. The van der Waals surface area contributed by atoms with E-state index < -0.39 is 11.9 Å². The van der Waals surface area contributed by atoms with Crippen molar-refractivity contribution in [3.05, 3.63) is 60.4 Å². The van der Waals surface area contributed by atoms with E-state index in [9.17, 15) is 14.0 Å². The molecule has 0 aromatic heterocycles. The first kappa shape index (κ1) is 19.0. The van der Waals surface area contributed by atoms with Crippen molar-refractivity contribution in [3.63, 3.8) is 0 Å². The van der Waals surface area contributed by atoms with Crippen LogP contribution in [0.2, 0.25) is 0 Å². The SMILES string of the molecule is C[C@H](C(=O)Nc1cccc(F)c1)N1CCC[C@H](C(=O)Nc2ccccc2)C1. The standard InChI is InChI=1S/C21H24FN3O2/c1-15(20(26)24-19-11-5-8-17(22)13-19)25-12-6-7-16(14-25)21(27)23-18-9-3-2-4-10-18/h2-5,8-11,13,15-16H,6-7,12,14H2,1H3,(H,23,27)(H,24,26)/t15-,16+/m1/s1. The molecule has 0 unspecified atom stereocenters. The average Bonchev–Trinajstić information content (AvgIpc) is 2.68. The summed E-state index contributed by atoms with van der Waals surface area (Å²) in [5, 5.41) is 5.68. The minimum absolute atomic E-state index is 0.0244. The lowest BCUT2D eigenvalue weighted by atomic mass is 9.95. The van der Waals surface area contributed by atoms with Crippen molar-refractivity contribution >= 4 is 23.2 Å². The van der Waals surface area contributed by atoms with Gasteiger partial charge in [-0.2, -0.15) is 0 Å². The highest BCUT2D eigenvalue weighted by Gasteiger charge is 2.31. The first-order valence-corrected chi connectivity index (χ1v) is 9.19. The molecule has 6 heteroatoms.